The van der Waals surface area contributed by atoms with E-state index in [4.69, 9.17) is 16.3 Å². The maximum absolute atomic E-state index is 12.0. The van der Waals surface area contributed by atoms with Crippen molar-refractivity contribution in [1.29, 1.82) is 0 Å². The van der Waals surface area contributed by atoms with E-state index in [-0.39, 0.29) is 18.4 Å². The molecule has 2 aromatic rings. The van der Waals surface area contributed by atoms with Crippen LogP contribution in [0.3, 0.4) is 0 Å². The lowest BCUT2D eigenvalue weighted by Crippen LogP contribution is -2.24. The van der Waals surface area contributed by atoms with Crippen LogP contribution >= 0.6 is 11.6 Å². The molecule has 3 rings (SSSR count). The minimum atomic E-state index is -0.276. The molecule has 130 valence electrons. The predicted molar refractivity (Wildman–Crippen MR) is 98.3 cm³/mol. The van der Waals surface area contributed by atoms with E-state index in [0.29, 0.717) is 35.1 Å². The Labute approximate surface area is 151 Å². The molecule has 0 bridgehead atoms. The molecule has 2 amide bonds. The molecule has 1 N–H and O–H groups in total. The molecular formula is C19H19ClN2O3. The summed E-state index contributed by atoms with van der Waals surface area (Å²) in [6, 6.07) is 12.6. The standard InChI is InChI=1S/C19H19ClN2O3/c1-13-4-7-15(8-5-13)25-12-18(23)21-14-6-9-17(16(20)11-14)22-10-2-3-19(22)24/h4-9,11H,2-3,10,12H2,1H3,(H,21,23). The molecule has 2 aromatic carbocycles. The lowest BCUT2D eigenvalue weighted by Gasteiger charge is -2.18. The van der Waals surface area contributed by atoms with Crippen molar-refractivity contribution in [3.05, 3.63) is 53.1 Å². The molecule has 0 atom stereocenters. The van der Waals surface area contributed by atoms with Crippen molar-refractivity contribution in [2.24, 2.45) is 0 Å². The Balaban J connectivity index is 1.58. The number of carbonyl (C=O) groups is 2. The average Bonchev–Trinajstić information content (AvgIpc) is 3.00. The second-order valence-electron chi connectivity index (χ2n) is 5.97. The molecule has 0 unspecified atom stereocenters. The van der Waals surface area contributed by atoms with Crippen molar-refractivity contribution in [3.63, 3.8) is 0 Å². The van der Waals surface area contributed by atoms with Crippen molar-refractivity contribution >= 4 is 34.8 Å². The van der Waals surface area contributed by atoms with Gasteiger partial charge >= 0.3 is 0 Å². The van der Waals surface area contributed by atoms with Crippen LogP contribution in [-0.2, 0) is 9.59 Å². The monoisotopic (exact) mass is 358 g/mol. The van der Waals surface area contributed by atoms with Gasteiger partial charge in [-0.15, -0.1) is 0 Å². The van der Waals surface area contributed by atoms with Crippen LogP contribution in [-0.4, -0.2) is 25.0 Å². The van der Waals surface area contributed by atoms with Gasteiger partial charge in [-0.3, -0.25) is 9.59 Å². The fourth-order valence-corrected chi connectivity index (χ4v) is 2.97. The van der Waals surface area contributed by atoms with E-state index in [2.05, 4.69) is 5.32 Å². The summed E-state index contributed by atoms with van der Waals surface area (Å²) in [6.07, 6.45) is 1.38. The molecule has 1 saturated heterocycles. The Kier molecular flexibility index (Phi) is 5.24. The minimum absolute atomic E-state index is 0.0742. The van der Waals surface area contributed by atoms with Gasteiger partial charge in [-0.25, -0.2) is 0 Å². The van der Waals surface area contributed by atoms with E-state index in [1.165, 1.54) is 0 Å². The second-order valence-corrected chi connectivity index (χ2v) is 6.37. The first-order valence-corrected chi connectivity index (χ1v) is 8.50. The van der Waals surface area contributed by atoms with Gasteiger partial charge in [0.05, 0.1) is 10.7 Å². The van der Waals surface area contributed by atoms with Gasteiger partial charge in [0.15, 0.2) is 6.61 Å². The number of carbonyl (C=O) groups excluding carboxylic acids is 2. The van der Waals surface area contributed by atoms with Crippen LogP contribution in [0.2, 0.25) is 5.02 Å². The topological polar surface area (TPSA) is 58.6 Å². The molecule has 1 aliphatic heterocycles. The van der Waals surface area contributed by atoms with Crippen molar-refractivity contribution in [2.75, 3.05) is 23.4 Å². The van der Waals surface area contributed by atoms with Crippen LogP contribution in [0.4, 0.5) is 11.4 Å². The minimum Gasteiger partial charge on any atom is -0.484 e. The maximum Gasteiger partial charge on any atom is 0.262 e. The number of halogens is 1. The number of anilines is 2. The van der Waals surface area contributed by atoms with Crippen molar-refractivity contribution in [1.82, 2.24) is 0 Å². The summed E-state index contributed by atoms with van der Waals surface area (Å²) in [5.74, 6) is 0.438. The number of aryl methyl sites for hydroxylation is 1. The predicted octanol–water partition coefficient (Wildman–Crippen LogP) is 3.79. The average molecular weight is 359 g/mol. The third-order valence-corrected chi connectivity index (χ3v) is 4.29. The SMILES string of the molecule is Cc1ccc(OCC(=O)Nc2ccc(N3CCCC3=O)c(Cl)c2)cc1. The van der Waals surface area contributed by atoms with Gasteiger partial charge in [0.2, 0.25) is 5.91 Å². The normalized spacial score (nSPS) is 13.8. The number of ether oxygens (including phenoxy) is 1. The number of nitrogens with zero attached hydrogens (tertiary/aromatic N) is 1. The third-order valence-electron chi connectivity index (χ3n) is 3.99. The molecule has 0 aromatic heterocycles. The van der Waals surface area contributed by atoms with E-state index in [1.54, 1.807) is 23.1 Å². The van der Waals surface area contributed by atoms with Crippen LogP contribution in [0.1, 0.15) is 18.4 Å². The summed E-state index contributed by atoms with van der Waals surface area (Å²) in [5, 5.41) is 3.18. The molecule has 0 saturated carbocycles. The highest BCUT2D eigenvalue weighted by atomic mass is 35.5. The Bertz CT molecular complexity index is 790. The summed E-state index contributed by atoms with van der Waals surface area (Å²) < 4.78 is 5.45. The van der Waals surface area contributed by atoms with Crippen LogP contribution in [0.25, 0.3) is 0 Å². The van der Waals surface area contributed by atoms with Crippen LogP contribution in [0, 0.1) is 6.92 Å². The maximum atomic E-state index is 12.0. The zero-order valence-corrected chi connectivity index (χ0v) is 14.7. The molecule has 1 fully saturated rings. The van der Waals surface area contributed by atoms with Gasteiger partial charge < -0.3 is 15.0 Å². The summed E-state index contributed by atoms with van der Waals surface area (Å²) >= 11 is 6.27. The number of rotatable bonds is 5. The third kappa shape index (κ3) is 4.31. The molecule has 25 heavy (non-hydrogen) atoms. The van der Waals surface area contributed by atoms with E-state index < -0.39 is 0 Å². The zero-order valence-electron chi connectivity index (χ0n) is 13.9. The molecule has 0 aliphatic carbocycles. The quantitative estimate of drug-likeness (QED) is 0.884. The molecule has 5 nitrogen and oxygen atoms in total. The Morgan fingerprint density at radius 2 is 2.00 bits per heavy atom. The summed E-state index contributed by atoms with van der Waals surface area (Å²) in [4.78, 5) is 25.5. The fraction of sp³-hybridized carbons (Fsp3) is 0.263. The Hall–Kier alpha value is -2.53. The van der Waals surface area contributed by atoms with Gasteiger partial charge in [-0.1, -0.05) is 29.3 Å². The fourth-order valence-electron chi connectivity index (χ4n) is 2.69. The molecule has 0 radical (unpaired) electrons. The number of hydrogen-bond acceptors (Lipinski definition) is 3. The Morgan fingerprint density at radius 1 is 1.24 bits per heavy atom. The van der Waals surface area contributed by atoms with Gasteiger partial charge in [0, 0.05) is 18.7 Å². The van der Waals surface area contributed by atoms with E-state index in [0.717, 1.165) is 12.0 Å². The number of hydrogen-bond donors (Lipinski definition) is 1. The molecule has 0 spiro atoms. The molecular weight excluding hydrogens is 340 g/mol. The highest BCUT2D eigenvalue weighted by molar-refractivity contribution is 6.34. The zero-order chi connectivity index (χ0) is 17.8. The lowest BCUT2D eigenvalue weighted by atomic mass is 10.2. The smallest absolute Gasteiger partial charge is 0.262 e. The second kappa shape index (κ2) is 7.57. The van der Waals surface area contributed by atoms with Crippen molar-refractivity contribution < 1.29 is 14.3 Å². The first-order valence-electron chi connectivity index (χ1n) is 8.12. The van der Waals surface area contributed by atoms with Gasteiger partial charge in [0.25, 0.3) is 5.91 Å². The molecule has 6 heteroatoms. The highest BCUT2D eigenvalue weighted by Gasteiger charge is 2.23. The van der Waals surface area contributed by atoms with E-state index in [1.807, 2.05) is 31.2 Å². The van der Waals surface area contributed by atoms with Crippen molar-refractivity contribution in [3.8, 4) is 5.75 Å². The van der Waals surface area contributed by atoms with Crippen LogP contribution < -0.4 is 15.0 Å². The van der Waals surface area contributed by atoms with Gasteiger partial charge in [-0.2, -0.15) is 0 Å². The first kappa shape index (κ1) is 17.3. The number of amides is 2. The first-order chi connectivity index (χ1) is 12.0. The number of benzene rings is 2. The highest BCUT2D eigenvalue weighted by Crippen LogP contribution is 2.31. The van der Waals surface area contributed by atoms with E-state index in [9.17, 15) is 9.59 Å². The van der Waals surface area contributed by atoms with Gasteiger partial charge in [0.1, 0.15) is 5.75 Å². The van der Waals surface area contributed by atoms with Crippen molar-refractivity contribution in [2.45, 2.75) is 19.8 Å². The van der Waals surface area contributed by atoms with Crippen LogP contribution in [0.15, 0.2) is 42.5 Å². The molecule has 1 heterocycles. The Morgan fingerprint density at radius 3 is 2.64 bits per heavy atom. The lowest BCUT2D eigenvalue weighted by molar-refractivity contribution is -0.118. The summed E-state index contributed by atoms with van der Waals surface area (Å²) in [6.45, 7) is 2.57. The van der Waals surface area contributed by atoms with Crippen LogP contribution in [0.5, 0.6) is 5.75 Å². The molecule has 1 aliphatic rings. The summed E-state index contributed by atoms with van der Waals surface area (Å²) in [5.41, 5.74) is 2.37. The van der Waals surface area contributed by atoms with E-state index >= 15 is 0 Å². The van der Waals surface area contributed by atoms with Gasteiger partial charge in [-0.05, 0) is 43.7 Å². The summed E-state index contributed by atoms with van der Waals surface area (Å²) in [7, 11) is 0. The number of nitrogens with one attached hydrogen (secondary N) is 1. The largest absolute Gasteiger partial charge is 0.484 e.